The van der Waals surface area contributed by atoms with Crippen molar-refractivity contribution in [3.05, 3.63) is 64.7 Å². The first kappa shape index (κ1) is 19.2. The lowest BCUT2D eigenvalue weighted by atomic mass is 10.0. The van der Waals surface area contributed by atoms with Crippen LogP contribution in [0.25, 0.3) is 22.4 Å². The molecule has 0 fully saturated rings. The molecule has 0 spiro atoms. The first-order valence-corrected chi connectivity index (χ1v) is 10.7. The number of aromatic amines is 1. The van der Waals surface area contributed by atoms with Crippen LogP contribution in [0.5, 0.6) is 0 Å². The number of halogens is 1. The van der Waals surface area contributed by atoms with Crippen LogP contribution in [0.1, 0.15) is 30.3 Å². The Kier molecular flexibility index (Phi) is 4.97. The number of benzene rings is 2. The SMILES string of the molecule is CCc1cc(Cl)c(-c2nc3ccccc3[nH]2)cc1N1CCCn2cnc(CO)c2C1. The van der Waals surface area contributed by atoms with E-state index >= 15 is 0 Å². The second-order valence-corrected chi connectivity index (χ2v) is 8.09. The van der Waals surface area contributed by atoms with Crippen molar-refractivity contribution in [1.29, 1.82) is 0 Å². The maximum Gasteiger partial charge on any atom is 0.140 e. The minimum Gasteiger partial charge on any atom is -0.390 e. The van der Waals surface area contributed by atoms with Crippen molar-refractivity contribution in [1.82, 2.24) is 19.5 Å². The van der Waals surface area contributed by atoms with E-state index in [9.17, 15) is 5.11 Å². The number of anilines is 1. The number of rotatable bonds is 4. The van der Waals surface area contributed by atoms with Gasteiger partial charge >= 0.3 is 0 Å². The van der Waals surface area contributed by atoms with E-state index in [0.717, 1.165) is 65.4 Å². The zero-order valence-corrected chi connectivity index (χ0v) is 17.7. The van der Waals surface area contributed by atoms with Crippen LogP contribution in [0.15, 0.2) is 42.7 Å². The van der Waals surface area contributed by atoms with Crippen LogP contribution in [0, 0.1) is 0 Å². The van der Waals surface area contributed by atoms with Crippen LogP contribution in [-0.4, -0.2) is 31.2 Å². The largest absolute Gasteiger partial charge is 0.390 e. The number of imidazole rings is 2. The number of hydrogen-bond donors (Lipinski definition) is 2. The molecule has 1 aliphatic rings. The van der Waals surface area contributed by atoms with Crippen molar-refractivity contribution < 1.29 is 5.11 Å². The summed E-state index contributed by atoms with van der Waals surface area (Å²) < 4.78 is 2.16. The minimum absolute atomic E-state index is 0.0400. The quantitative estimate of drug-likeness (QED) is 0.507. The molecule has 0 amide bonds. The summed E-state index contributed by atoms with van der Waals surface area (Å²) >= 11 is 6.70. The molecule has 30 heavy (non-hydrogen) atoms. The van der Waals surface area contributed by atoms with E-state index < -0.39 is 0 Å². The van der Waals surface area contributed by atoms with Crippen molar-refractivity contribution >= 4 is 28.3 Å². The Morgan fingerprint density at radius 2 is 2.07 bits per heavy atom. The zero-order valence-electron chi connectivity index (χ0n) is 16.9. The molecule has 2 aromatic carbocycles. The van der Waals surface area contributed by atoms with E-state index in [1.807, 2.05) is 30.6 Å². The standard InChI is InChI=1S/C23H24ClN5O/c1-2-15-10-17(24)16(23-26-18-6-3-4-7-19(18)27-23)11-21(15)28-8-5-9-29-14-25-20(13-30)22(29)12-28/h3-4,6-7,10-11,14,30H,2,5,8-9,12-13H2,1H3,(H,26,27). The molecular formula is C23H24ClN5O. The number of fused-ring (bicyclic) bond motifs is 2. The fraction of sp³-hybridized carbons (Fsp3) is 0.304. The summed E-state index contributed by atoms with van der Waals surface area (Å²) in [7, 11) is 0. The molecule has 154 valence electrons. The molecule has 3 heterocycles. The fourth-order valence-electron chi connectivity index (χ4n) is 4.30. The number of aliphatic hydroxyl groups is 1. The number of nitrogens with zero attached hydrogens (tertiary/aromatic N) is 4. The number of para-hydroxylation sites is 2. The van der Waals surface area contributed by atoms with Gasteiger partial charge in [-0.25, -0.2) is 9.97 Å². The van der Waals surface area contributed by atoms with Gasteiger partial charge in [0.15, 0.2) is 0 Å². The topological polar surface area (TPSA) is 70.0 Å². The van der Waals surface area contributed by atoms with E-state index in [1.54, 1.807) is 0 Å². The highest BCUT2D eigenvalue weighted by atomic mass is 35.5. The number of aliphatic hydroxyl groups excluding tert-OH is 1. The monoisotopic (exact) mass is 421 g/mol. The zero-order chi connectivity index (χ0) is 20.7. The summed E-state index contributed by atoms with van der Waals surface area (Å²) in [6.07, 6.45) is 3.74. The van der Waals surface area contributed by atoms with Gasteiger partial charge in [-0.1, -0.05) is 30.7 Å². The summed E-state index contributed by atoms with van der Waals surface area (Å²) in [6.45, 7) is 4.66. The molecule has 0 aliphatic carbocycles. The van der Waals surface area contributed by atoms with Gasteiger partial charge in [0, 0.05) is 24.3 Å². The molecule has 1 aliphatic heterocycles. The van der Waals surface area contributed by atoms with Gasteiger partial charge in [0.25, 0.3) is 0 Å². The van der Waals surface area contributed by atoms with E-state index in [2.05, 4.69) is 38.5 Å². The lowest BCUT2D eigenvalue weighted by Crippen LogP contribution is -2.24. The van der Waals surface area contributed by atoms with Crippen LogP contribution in [0.2, 0.25) is 5.02 Å². The fourth-order valence-corrected chi connectivity index (χ4v) is 4.57. The third-order valence-corrected chi connectivity index (χ3v) is 6.20. The molecular weight excluding hydrogens is 398 g/mol. The van der Waals surface area contributed by atoms with Gasteiger partial charge in [0.1, 0.15) is 5.82 Å². The van der Waals surface area contributed by atoms with Crippen molar-refractivity contribution in [3.8, 4) is 11.4 Å². The molecule has 5 rings (SSSR count). The van der Waals surface area contributed by atoms with Gasteiger partial charge in [-0.2, -0.15) is 0 Å². The summed E-state index contributed by atoms with van der Waals surface area (Å²) in [5, 5.41) is 10.4. The average molecular weight is 422 g/mol. The van der Waals surface area contributed by atoms with Gasteiger partial charge < -0.3 is 19.6 Å². The van der Waals surface area contributed by atoms with Crippen LogP contribution >= 0.6 is 11.6 Å². The van der Waals surface area contributed by atoms with E-state index in [0.29, 0.717) is 11.6 Å². The Bertz CT molecular complexity index is 1180. The maximum atomic E-state index is 9.71. The number of hydrogen-bond acceptors (Lipinski definition) is 4. The van der Waals surface area contributed by atoms with E-state index in [-0.39, 0.29) is 6.61 Å². The van der Waals surface area contributed by atoms with Crippen LogP contribution in [-0.2, 0) is 26.1 Å². The summed E-state index contributed by atoms with van der Waals surface area (Å²) in [4.78, 5) is 14.9. The summed E-state index contributed by atoms with van der Waals surface area (Å²) in [5.74, 6) is 0.779. The van der Waals surface area contributed by atoms with Crippen molar-refractivity contribution in [3.63, 3.8) is 0 Å². The third-order valence-electron chi connectivity index (χ3n) is 5.88. The second kappa shape index (κ2) is 7.78. The molecule has 2 aromatic heterocycles. The maximum absolute atomic E-state index is 9.71. The van der Waals surface area contributed by atoms with E-state index in [4.69, 9.17) is 16.6 Å². The Morgan fingerprint density at radius 3 is 2.87 bits per heavy atom. The highest BCUT2D eigenvalue weighted by Crippen LogP contribution is 2.36. The van der Waals surface area contributed by atoms with E-state index in [1.165, 1.54) is 5.56 Å². The third kappa shape index (κ3) is 3.26. The van der Waals surface area contributed by atoms with Gasteiger partial charge in [-0.3, -0.25) is 0 Å². The lowest BCUT2D eigenvalue weighted by Gasteiger charge is -2.26. The Labute approximate surface area is 180 Å². The first-order valence-electron chi connectivity index (χ1n) is 10.3. The predicted octanol–water partition coefficient (Wildman–Crippen LogP) is 4.54. The van der Waals surface area contributed by atoms with Crippen molar-refractivity contribution in [2.24, 2.45) is 0 Å². The number of nitrogens with one attached hydrogen (secondary N) is 1. The molecule has 0 bridgehead atoms. The molecule has 0 saturated heterocycles. The van der Waals surface area contributed by atoms with Crippen molar-refractivity contribution in [2.45, 2.75) is 39.5 Å². The molecule has 2 N–H and O–H groups in total. The highest BCUT2D eigenvalue weighted by Gasteiger charge is 2.22. The first-order chi connectivity index (χ1) is 14.7. The van der Waals surface area contributed by atoms with Gasteiger partial charge in [-0.05, 0) is 42.7 Å². The summed E-state index contributed by atoms with van der Waals surface area (Å²) in [5.41, 5.74) is 7.03. The number of H-pyrrole nitrogens is 1. The lowest BCUT2D eigenvalue weighted by molar-refractivity contribution is 0.276. The molecule has 0 saturated carbocycles. The van der Waals surface area contributed by atoms with Gasteiger partial charge in [-0.15, -0.1) is 0 Å². The Hall–Kier alpha value is -2.83. The Morgan fingerprint density at radius 1 is 1.20 bits per heavy atom. The van der Waals surface area contributed by atoms with Gasteiger partial charge in [0.05, 0.1) is 46.9 Å². The molecule has 7 heteroatoms. The molecule has 0 radical (unpaired) electrons. The van der Waals surface area contributed by atoms with Crippen LogP contribution < -0.4 is 4.90 Å². The molecule has 6 nitrogen and oxygen atoms in total. The van der Waals surface area contributed by atoms with Crippen molar-refractivity contribution in [2.75, 3.05) is 11.4 Å². The number of aromatic nitrogens is 4. The van der Waals surface area contributed by atoms with Crippen LogP contribution in [0.3, 0.4) is 0 Å². The second-order valence-electron chi connectivity index (χ2n) is 7.68. The summed E-state index contributed by atoms with van der Waals surface area (Å²) in [6, 6.07) is 12.2. The average Bonchev–Trinajstić information content (AvgIpc) is 3.30. The highest BCUT2D eigenvalue weighted by molar-refractivity contribution is 6.33. The van der Waals surface area contributed by atoms with Crippen LogP contribution in [0.4, 0.5) is 5.69 Å². The molecule has 4 aromatic rings. The predicted molar refractivity (Wildman–Crippen MR) is 120 cm³/mol. The minimum atomic E-state index is -0.0400. The normalized spacial score (nSPS) is 14.2. The van der Waals surface area contributed by atoms with Gasteiger partial charge in [0.2, 0.25) is 0 Å². The molecule has 0 unspecified atom stereocenters. The number of aryl methyl sites for hydroxylation is 2. The molecule has 0 atom stereocenters. The Balaban J connectivity index is 1.60. The smallest absolute Gasteiger partial charge is 0.140 e.